The molecule has 0 unspecified atom stereocenters. The number of hydrogen-bond acceptors (Lipinski definition) is 12. The third-order valence-corrected chi connectivity index (χ3v) is 5.14. The maximum atomic E-state index is 12.3. The Morgan fingerprint density at radius 3 is 2.43 bits per heavy atom. The van der Waals surface area contributed by atoms with Crippen molar-refractivity contribution in [1.29, 1.82) is 0 Å². The summed E-state index contributed by atoms with van der Waals surface area (Å²) in [6.07, 6.45) is -12.9. The van der Waals surface area contributed by atoms with E-state index in [4.69, 9.17) is 40.3 Å². The molecule has 1 saturated heterocycles. The molecule has 3 rings (SSSR count). The van der Waals surface area contributed by atoms with Crippen LogP contribution in [0.2, 0.25) is 0 Å². The van der Waals surface area contributed by atoms with Gasteiger partial charge in [-0.15, -0.1) is 0 Å². The highest BCUT2D eigenvalue weighted by atomic mass is 16.7. The zero-order valence-electron chi connectivity index (χ0n) is 17.9. The molecule has 1 aromatic heterocycles. The van der Waals surface area contributed by atoms with Crippen LogP contribution in [0.5, 0.6) is 0 Å². The van der Waals surface area contributed by atoms with Crippen LogP contribution in [0.15, 0.2) is 33.7 Å². The number of carboxylic acid groups (broad SMARTS) is 1. The van der Waals surface area contributed by atoms with Crippen molar-refractivity contribution in [3.05, 3.63) is 44.9 Å². The number of nitrogens with zero attached hydrogens (tertiary/aromatic N) is 1. The van der Waals surface area contributed by atoms with E-state index in [0.717, 1.165) is 23.9 Å². The number of aliphatic hydroxyl groups is 2. The lowest BCUT2D eigenvalue weighted by atomic mass is 10.0. The lowest BCUT2D eigenvalue weighted by Crippen LogP contribution is -2.54. The fourth-order valence-electron chi connectivity index (χ4n) is 3.62. The van der Waals surface area contributed by atoms with Gasteiger partial charge in [-0.05, 0) is 6.08 Å². The number of carbonyl (C=O) groups is 3. The number of nitrogens with one attached hydrogen (secondary N) is 1. The van der Waals surface area contributed by atoms with Crippen molar-refractivity contribution >= 4 is 18.0 Å². The van der Waals surface area contributed by atoms with Crippen molar-refractivity contribution in [2.75, 3.05) is 7.11 Å². The van der Waals surface area contributed by atoms with Crippen molar-refractivity contribution in [1.82, 2.24) is 9.55 Å². The number of methoxy groups -OCH3 is 1. The normalized spacial score (nSPS) is 31.2. The number of aromatic nitrogens is 2. The SMILES string of the molecule is CO[C@H]1[C@@H](OC(N)=O)[C@H](n2ccc(=O)[nH]c2=O)O[C@@H]1[C@@H](O[C@H]1OC(C(=O)O)=C[C@H](O)[C@@H]1O)C(N)=O. The van der Waals surface area contributed by atoms with Crippen LogP contribution in [0, 0.1) is 0 Å². The van der Waals surface area contributed by atoms with E-state index in [1.165, 1.54) is 0 Å². The van der Waals surface area contributed by atoms with Gasteiger partial charge in [0, 0.05) is 19.4 Å². The van der Waals surface area contributed by atoms with Crippen LogP contribution in [-0.2, 0) is 33.3 Å². The number of carbonyl (C=O) groups excluding carboxylic acids is 2. The average Bonchev–Trinajstić information content (AvgIpc) is 3.10. The number of H-pyrrole nitrogens is 1. The molecule has 1 fully saturated rings. The summed E-state index contributed by atoms with van der Waals surface area (Å²) in [4.78, 5) is 60.8. The molecule has 0 radical (unpaired) electrons. The zero-order chi connectivity index (χ0) is 26.0. The van der Waals surface area contributed by atoms with Crippen molar-refractivity contribution in [2.24, 2.45) is 11.5 Å². The van der Waals surface area contributed by atoms with E-state index in [-0.39, 0.29) is 0 Å². The molecule has 0 aliphatic carbocycles. The number of hydrogen-bond donors (Lipinski definition) is 6. The predicted octanol–water partition coefficient (Wildman–Crippen LogP) is -4.17. The maximum Gasteiger partial charge on any atom is 0.405 e. The first-order valence-electron chi connectivity index (χ1n) is 9.83. The molecule has 35 heavy (non-hydrogen) atoms. The molecule has 192 valence electrons. The highest BCUT2D eigenvalue weighted by Gasteiger charge is 2.54. The maximum absolute atomic E-state index is 12.3. The Bertz CT molecular complexity index is 1130. The molecule has 2 aliphatic rings. The fraction of sp³-hybridized carbons (Fsp3) is 0.500. The minimum Gasteiger partial charge on any atom is -0.475 e. The molecule has 3 heterocycles. The predicted molar refractivity (Wildman–Crippen MR) is 107 cm³/mol. The van der Waals surface area contributed by atoms with Crippen LogP contribution in [0.25, 0.3) is 0 Å². The van der Waals surface area contributed by atoms with Gasteiger partial charge < -0.3 is 50.5 Å². The molecule has 2 aliphatic heterocycles. The first-order chi connectivity index (χ1) is 16.4. The first kappa shape index (κ1) is 25.8. The van der Waals surface area contributed by atoms with E-state index in [9.17, 15) is 34.2 Å². The second-order valence-corrected chi connectivity index (χ2v) is 7.37. The number of aromatic amines is 1. The minimum atomic E-state index is -1.91. The number of rotatable bonds is 8. The quantitative estimate of drug-likeness (QED) is 0.197. The number of ether oxygens (including phenoxy) is 5. The van der Waals surface area contributed by atoms with Gasteiger partial charge in [0.05, 0.1) is 0 Å². The Morgan fingerprint density at radius 2 is 1.89 bits per heavy atom. The standard InChI is InChI=1S/C18H22N4O13/c1-31-9-10(11(13(19)26)34-16-8(25)5(23)4-6(32-16)15(27)28)33-14(12(9)35-17(20)29)22-3-2-7(24)21-18(22)30/h2-5,8-12,14,16,23,25H,1H3,(H2,19,26)(H2,20,29)(H,27,28)(H,21,24,30)/t5-,8-,9+,10-,11+,12+,14+,16+/m0/s1. The van der Waals surface area contributed by atoms with Gasteiger partial charge in [-0.25, -0.2) is 14.4 Å². The summed E-state index contributed by atoms with van der Waals surface area (Å²) < 4.78 is 27.2. The van der Waals surface area contributed by atoms with Gasteiger partial charge >= 0.3 is 17.8 Å². The summed E-state index contributed by atoms with van der Waals surface area (Å²) in [5.41, 5.74) is 8.83. The lowest BCUT2D eigenvalue weighted by Gasteiger charge is -2.34. The third-order valence-electron chi connectivity index (χ3n) is 5.14. The third kappa shape index (κ3) is 5.33. The van der Waals surface area contributed by atoms with Gasteiger partial charge in [-0.1, -0.05) is 0 Å². The molecular weight excluding hydrogens is 480 g/mol. The molecule has 8 atom stereocenters. The van der Waals surface area contributed by atoms with E-state index in [2.05, 4.69) is 0 Å². The zero-order valence-corrected chi connectivity index (χ0v) is 17.9. The number of carboxylic acids is 1. The van der Waals surface area contributed by atoms with Crippen LogP contribution in [0.4, 0.5) is 4.79 Å². The van der Waals surface area contributed by atoms with Crippen LogP contribution < -0.4 is 22.7 Å². The topological polar surface area (TPSA) is 265 Å². The molecule has 0 saturated carbocycles. The lowest BCUT2D eigenvalue weighted by molar-refractivity contribution is -0.242. The van der Waals surface area contributed by atoms with Crippen LogP contribution >= 0.6 is 0 Å². The number of aliphatic carboxylic acids is 1. The van der Waals surface area contributed by atoms with Crippen molar-refractivity contribution in [3.63, 3.8) is 0 Å². The summed E-state index contributed by atoms with van der Waals surface area (Å²) in [5, 5.41) is 29.2. The highest BCUT2D eigenvalue weighted by molar-refractivity contribution is 5.84. The molecule has 17 heteroatoms. The highest BCUT2D eigenvalue weighted by Crippen LogP contribution is 2.36. The van der Waals surface area contributed by atoms with Gasteiger partial charge in [-0.2, -0.15) is 0 Å². The van der Waals surface area contributed by atoms with Gasteiger partial charge in [0.25, 0.3) is 5.56 Å². The number of aliphatic hydroxyl groups excluding tert-OH is 2. The number of amides is 2. The van der Waals surface area contributed by atoms with Crippen molar-refractivity contribution < 1.29 is 53.4 Å². The van der Waals surface area contributed by atoms with E-state index < -0.39 is 84.1 Å². The molecule has 2 amide bonds. The molecule has 0 bridgehead atoms. The van der Waals surface area contributed by atoms with E-state index in [0.29, 0.717) is 6.08 Å². The largest absolute Gasteiger partial charge is 0.475 e. The smallest absolute Gasteiger partial charge is 0.405 e. The summed E-state index contributed by atoms with van der Waals surface area (Å²) in [6.45, 7) is 0. The minimum absolute atomic E-state index is 0.714. The summed E-state index contributed by atoms with van der Waals surface area (Å²) in [7, 11) is 1.13. The molecule has 8 N–H and O–H groups in total. The summed E-state index contributed by atoms with van der Waals surface area (Å²) in [6, 6.07) is 0.969. The van der Waals surface area contributed by atoms with Crippen molar-refractivity contribution in [2.45, 2.75) is 49.1 Å². The first-order valence-corrected chi connectivity index (χ1v) is 9.83. The molecule has 1 aromatic rings. The van der Waals surface area contributed by atoms with Gasteiger partial charge in [0.2, 0.25) is 18.0 Å². The fourth-order valence-corrected chi connectivity index (χ4v) is 3.62. The van der Waals surface area contributed by atoms with Crippen LogP contribution in [0.3, 0.4) is 0 Å². The number of primary amides is 2. The van der Waals surface area contributed by atoms with Crippen LogP contribution in [0.1, 0.15) is 6.23 Å². The Morgan fingerprint density at radius 1 is 1.20 bits per heavy atom. The Balaban J connectivity index is 1.97. The van der Waals surface area contributed by atoms with E-state index in [1.54, 1.807) is 0 Å². The second-order valence-electron chi connectivity index (χ2n) is 7.37. The monoisotopic (exact) mass is 502 g/mol. The summed E-state index contributed by atoms with van der Waals surface area (Å²) >= 11 is 0. The van der Waals surface area contributed by atoms with Gasteiger partial charge in [0.1, 0.15) is 24.4 Å². The average molecular weight is 502 g/mol. The molecule has 0 aromatic carbocycles. The Kier molecular flexibility index (Phi) is 7.56. The van der Waals surface area contributed by atoms with E-state index >= 15 is 0 Å². The second kappa shape index (κ2) is 10.2. The number of nitrogens with two attached hydrogens (primary N) is 2. The van der Waals surface area contributed by atoms with Gasteiger partial charge in [-0.3, -0.25) is 19.1 Å². The van der Waals surface area contributed by atoms with Crippen molar-refractivity contribution in [3.8, 4) is 0 Å². The van der Waals surface area contributed by atoms with Gasteiger partial charge in [0.15, 0.2) is 18.4 Å². The molecule has 0 spiro atoms. The molecular formula is C18H22N4O13. The Hall–Kier alpha value is -3.77. The molecule has 17 nitrogen and oxygen atoms in total. The summed E-state index contributed by atoms with van der Waals surface area (Å²) in [5.74, 6) is -3.60. The van der Waals surface area contributed by atoms with Crippen LogP contribution in [-0.4, -0.2) is 92.9 Å². The Labute approximate surface area is 194 Å². The van der Waals surface area contributed by atoms with E-state index in [1.807, 2.05) is 4.98 Å².